The normalized spacial score (nSPS) is 19.6. The molecular formula is C13H17IN2OS. The lowest BCUT2D eigenvalue weighted by atomic mass is 10.1. The number of anilines is 1. The van der Waals surface area contributed by atoms with E-state index in [9.17, 15) is 4.79 Å². The molecule has 0 saturated carbocycles. The average molecular weight is 376 g/mol. The van der Waals surface area contributed by atoms with Gasteiger partial charge in [-0.3, -0.25) is 4.79 Å². The standard InChI is InChI=1S/C13H17IN2OS/c1-9-6-10(14)2-3-12(9)16-13(17)7-11-8-18-5-4-15-11/h2-3,6,11,15H,4-5,7-8H2,1H3,(H,16,17). The van der Waals surface area contributed by atoms with Gasteiger partial charge in [0.2, 0.25) is 5.91 Å². The maximum atomic E-state index is 12.0. The van der Waals surface area contributed by atoms with Crippen LogP contribution in [0.25, 0.3) is 0 Å². The summed E-state index contributed by atoms with van der Waals surface area (Å²) in [6.07, 6.45) is 0.554. The third kappa shape index (κ3) is 4.13. The molecule has 0 bridgehead atoms. The number of carbonyl (C=O) groups excluding carboxylic acids is 1. The van der Waals surface area contributed by atoms with Crippen LogP contribution in [-0.2, 0) is 4.79 Å². The Hall–Kier alpha value is -0.270. The van der Waals surface area contributed by atoms with Crippen molar-refractivity contribution in [1.29, 1.82) is 0 Å². The summed E-state index contributed by atoms with van der Waals surface area (Å²) in [5.74, 6) is 2.27. The number of benzene rings is 1. The van der Waals surface area contributed by atoms with Gasteiger partial charge >= 0.3 is 0 Å². The van der Waals surface area contributed by atoms with Crippen molar-refractivity contribution in [3.05, 3.63) is 27.3 Å². The third-order valence-electron chi connectivity index (χ3n) is 2.89. The summed E-state index contributed by atoms with van der Waals surface area (Å²) in [5.41, 5.74) is 2.03. The highest BCUT2D eigenvalue weighted by molar-refractivity contribution is 14.1. The number of hydrogen-bond acceptors (Lipinski definition) is 3. The Morgan fingerprint density at radius 2 is 2.44 bits per heavy atom. The highest BCUT2D eigenvalue weighted by Crippen LogP contribution is 2.18. The van der Waals surface area contributed by atoms with Crippen molar-refractivity contribution in [3.63, 3.8) is 0 Å². The lowest BCUT2D eigenvalue weighted by molar-refractivity contribution is -0.116. The van der Waals surface area contributed by atoms with Gasteiger partial charge in [0.25, 0.3) is 0 Å². The van der Waals surface area contributed by atoms with E-state index in [1.54, 1.807) is 0 Å². The lowest BCUT2D eigenvalue weighted by Crippen LogP contribution is -2.39. The molecule has 1 heterocycles. The van der Waals surface area contributed by atoms with Crippen LogP contribution in [0.4, 0.5) is 5.69 Å². The Morgan fingerprint density at radius 1 is 1.61 bits per heavy atom. The van der Waals surface area contributed by atoms with E-state index < -0.39 is 0 Å². The van der Waals surface area contributed by atoms with Gasteiger partial charge in [-0.15, -0.1) is 0 Å². The van der Waals surface area contributed by atoms with Crippen molar-refractivity contribution < 1.29 is 4.79 Å². The van der Waals surface area contributed by atoms with E-state index in [1.165, 1.54) is 3.57 Å². The summed E-state index contributed by atoms with van der Waals surface area (Å²) >= 11 is 4.19. The summed E-state index contributed by atoms with van der Waals surface area (Å²) in [6.45, 7) is 3.03. The van der Waals surface area contributed by atoms with E-state index in [0.717, 1.165) is 29.3 Å². The SMILES string of the molecule is Cc1cc(I)ccc1NC(=O)CC1CSCCN1. The molecule has 3 nitrogen and oxygen atoms in total. The Labute approximate surface area is 126 Å². The highest BCUT2D eigenvalue weighted by atomic mass is 127. The molecule has 1 aliphatic rings. The molecule has 2 N–H and O–H groups in total. The van der Waals surface area contributed by atoms with Crippen molar-refractivity contribution in [2.45, 2.75) is 19.4 Å². The number of thioether (sulfide) groups is 1. The second-order valence-corrected chi connectivity index (χ2v) is 6.83. The molecule has 2 rings (SSSR count). The van der Waals surface area contributed by atoms with Crippen LogP contribution in [-0.4, -0.2) is 30.0 Å². The number of amides is 1. The van der Waals surface area contributed by atoms with Crippen molar-refractivity contribution in [2.24, 2.45) is 0 Å². The van der Waals surface area contributed by atoms with E-state index >= 15 is 0 Å². The van der Waals surface area contributed by atoms with Crippen molar-refractivity contribution in [2.75, 3.05) is 23.4 Å². The zero-order chi connectivity index (χ0) is 13.0. The minimum Gasteiger partial charge on any atom is -0.326 e. The third-order valence-corrected chi connectivity index (χ3v) is 4.69. The summed E-state index contributed by atoms with van der Waals surface area (Å²) in [5, 5.41) is 6.37. The van der Waals surface area contributed by atoms with E-state index in [4.69, 9.17) is 0 Å². The summed E-state index contributed by atoms with van der Waals surface area (Å²) < 4.78 is 1.19. The fourth-order valence-corrected chi connectivity index (χ4v) is 3.54. The molecule has 1 aliphatic heterocycles. The Morgan fingerprint density at radius 3 is 3.11 bits per heavy atom. The first-order valence-electron chi connectivity index (χ1n) is 6.02. The Balaban J connectivity index is 1.90. The number of rotatable bonds is 3. The lowest BCUT2D eigenvalue weighted by Gasteiger charge is -2.22. The van der Waals surface area contributed by atoms with Gasteiger partial charge in [0.15, 0.2) is 0 Å². The Bertz CT molecular complexity index is 433. The molecule has 18 heavy (non-hydrogen) atoms. The van der Waals surface area contributed by atoms with E-state index in [0.29, 0.717) is 12.5 Å². The number of aryl methyl sites for hydroxylation is 1. The molecule has 1 amide bonds. The molecule has 0 aromatic heterocycles. The first-order chi connectivity index (χ1) is 8.65. The zero-order valence-electron chi connectivity index (χ0n) is 10.3. The van der Waals surface area contributed by atoms with Crippen molar-refractivity contribution >= 4 is 45.9 Å². The Kier molecular flexibility index (Phi) is 5.32. The number of hydrogen-bond donors (Lipinski definition) is 2. The maximum absolute atomic E-state index is 12.0. The molecule has 1 atom stereocenters. The fraction of sp³-hybridized carbons (Fsp3) is 0.462. The van der Waals surface area contributed by atoms with Gasteiger partial charge in [-0.1, -0.05) is 0 Å². The van der Waals surface area contributed by atoms with Gasteiger partial charge in [-0.05, 0) is 53.3 Å². The average Bonchev–Trinajstić information content (AvgIpc) is 2.34. The van der Waals surface area contributed by atoms with Crippen LogP contribution in [0.5, 0.6) is 0 Å². The molecule has 98 valence electrons. The number of nitrogens with one attached hydrogen (secondary N) is 2. The fourth-order valence-electron chi connectivity index (χ4n) is 1.94. The molecule has 1 fully saturated rings. The topological polar surface area (TPSA) is 41.1 Å². The predicted molar refractivity (Wildman–Crippen MR) is 86.3 cm³/mol. The predicted octanol–water partition coefficient (Wildman–Crippen LogP) is 2.63. The van der Waals surface area contributed by atoms with Gasteiger partial charge in [0.1, 0.15) is 0 Å². The first kappa shape index (κ1) is 14.1. The molecule has 5 heteroatoms. The molecule has 0 spiro atoms. The maximum Gasteiger partial charge on any atom is 0.225 e. The van der Waals surface area contributed by atoms with Crippen LogP contribution >= 0.6 is 34.4 Å². The molecule has 0 radical (unpaired) electrons. The van der Waals surface area contributed by atoms with Gasteiger partial charge < -0.3 is 10.6 Å². The summed E-state index contributed by atoms with van der Waals surface area (Å²) in [7, 11) is 0. The van der Waals surface area contributed by atoms with Crippen molar-refractivity contribution in [3.8, 4) is 0 Å². The molecule has 1 unspecified atom stereocenters. The quantitative estimate of drug-likeness (QED) is 0.797. The van der Waals surface area contributed by atoms with Crippen LogP contribution in [0.3, 0.4) is 0 Å². The summed E-state index contributed by atoms with van der Waals surface area (Å²) in [4.78, 5) is 12.0. The van der Waals surface area contributed by atoms with Crippen LogP contribution in [0, 0.1) is 10.5 Å². The monoisotopic (exact) mass is 376 g/mol. The van der Waals surface area contributed by atoms with Gasteiger partial charge in [-0.25, -0.2) is 0 Å². The van der Waals surface area contributed by atoms with Crippen LogP contribution in [0.15, 0.2) is 18.2 Å². The number of halogens is 1. The van der Waals surface area contributed by atoms with E-state index in [1.807, 2.05) is 30.8 Å². The number of carbonyl (C=O) groups is 1. The van der Waals surface area contributed by atoms with Gasteiger partial charge in [0, 0.05) is 39.8 Å². The molecular weight excluding hydrogens is 359 g/mol. The van der Waals surface area contributed by atoms with Crippen LogP contribution in [0.2, 0.25) is 0 Å². The molecule has 1 saturated heterocycles. The van der Waals surface area contributed by atoms with Gasteiger partial charge in [0.05, 0.1) is 0 Å². The van der Waals surface area contributed by atoms with Crippen LogP contribution in [0.1, 0.15) is 12.0 Å². The van der Waals surface area contributed by atoms with Crippen LogP contribution < -0.4 is 10.6 Å². The smallest absolute Gasteiger partial charge is 0.225 e. The molecule has 0 aliphatic carbocycles. The molecule has 1 aromatic rings. The zero-order valence-corrected chi connectivity index (χ0v) is 13.3. The van der Waals surface area contributed by atoms with Gasteiger partial charge in [-0.2, -0.15) is 11.8 Å². The second kappa shape index (κ2) is 6.77. The van der Waals surface area contributed by atoms with Crippen molar-refractivity contribution in [1.82, 2.24) is 5.32 Å². The minimum atomic E-state index is 0.0966. The first-order valence-corrected chi connectivity index (χ1v) is 8.25. The largest absolute Gasteiger partial charge is 0.326 e. The summed E-state index contributed by atoms with van der Waals surface area (Å²) in [6, 6.07) is 6.37. The molecule has 1 aromatic carbocycles. The van der Waals surface area contributed by atoms with E-state index in [-0.39, 0.29) is 5.91 Å². The second-order valence-electron chi connectivity index (χ2n) is 4.44. The minimum absolute atomic E-state index is 0.0966. The van der Waals surface area contributed by atoms with E-state index in [2.05, 4.69) is 39.3 Å². The highest BCUT2D eigenvalue weighted by Gasteiger charge is 2.16.